The zero-order valence-electron chi connectivity index (χ0n) is 11.4. The Bertz CT molecular complexity index is 610. The Morgan fingerprint density at radius 3 is 2.95 bits per heavy atom. The molecule has 0 bridgehead atoms. The number of phenolic OH excluding ortho intramolecular Hbond substituents is 1. The maximum atomic E-state index is 9.43. The smallest absolute Gasteiger partial charge is 0.120 e. The van der Waals surface area contributed by atoms with Crippen molar-refractivity contribution in [1.29, 1.82) is 0 Å². The first kappa shape index (κ1) is 13.0. The molecule has 3 N–H and O–H groups in total. The van der Waals surface area contributed by atoms with Gasteiger partial charge in [0.05, 0.1) is 0 Å². The lowest BCUT2D eigenvalue weighted by molar-refractivity contribution is 0.304. The molecule has 1 atom stereocenters. The van der Waals surface area contributed by atoms with Crippen molar-refractivity contribution in [3.8, 4) is 11.5 Å². The molecule has 0 heterocycles. The first-order valence-corrected chi connectivity index (χ1v) is 7.01. The average Bonchev–Trinajstić information content (AvgIpc) is 2.46. The van der Waals surface area contributed by atoms with Crippen molar-refractivity contribution < 1.29 is 9.84 Å². The van der Waals surface area contributed by atoms with Crippen LogP contribution in [0.3, 0.4) is 0 Å². The van der Waals surface area contributed by atoms with Gasteiger partial charge in [0.2, 0.25) is 0 Å². The van der Waals surface area contributed by atoms with Crippen LogP contribution in [-0.4, -0.2) is 5.11 Å². The average molecular weight is 269 g/mol. The summed E-state index contributed by atoms with van der Waals surface area (Å²) in [6, 6.07) is 13.4. The van der Waals surface area contributed by atoms with E-state index in [9.17, 15) is 5.11 Å². The van der Waals surface area contributed by atoms with Crippen LogP contribution in [0.5, 0.6) is 11.5 Å². The molecule has 0 aliphatic heterocycles. The Morgan fingerprint density at radius 2 is 2.10 bits per heavy atom. The summed E-state index contributed by atoms with van der Waals surface area (Å²) in [4.78, 5) is 0. The van der Waals surface area contributed by atoms with Crippen molar-refractivity contribution in [3.05, 3.63) is 59.2 Å². The third kappa shape index (κ3) is 2.78. The number of nitrogens with two attached hydrogens (primary N) is 1. The molecule has 0 saturated carbocycles. The number of rotatable bonds is 3. The highest BCUT2D eigenvalue weighted by Gasteiger charge is 2.17. The molecule has 104 valence electrons. The highest BCUT2D eigenvalue weighted by Crippen LogP contribution is 2.31. The van der Waals surface area contributed by atoms with Gasteiger partial charge in [-0.15, -0.1) is 0 Å². The third-order valence-electron chi connectivity index (χ3n) is 3.79. The van der Waals surface area contributed by atoms with Crippen LogP contribution < -0.4 is 10.5 Å². The zero-order valence-corrected chi connectivity index (χ0v) is 11.4. The van der Waals surface area contributed by atoms with Gasteiger partial charge < -0.3 is 15.6 Å². The van der Waals surface area contributed by atoms with Crippen LogP contribution in [0.2, 0.25) is 0 Å². The Hall–Kier alpha value is -2.00. The van der Waals surface area contributed by atoms with Crippen LogP contribution >= 0.6 is 0 Å². The SMILES string of the molecule is N[C@H]1CCCc2ccc(OCc3cccc(O)c3)cc21. The summed E-state index contributed by atoms with van der Waals surface area (Å²) in [5.74, 6) is 1.10. The molecular formula is C17H19NO2. The summed E-state index contributed by atoms with van der Waals surface area (Å²) in [7, 11) is 0. The normalized spacial score (nSPS) is 17.6. The fraction of sp³-hybridized carbons (Fsp3) is 0.294. The van der Waals surface area contributed by atoms with E-state index in [-0.39, 0.29) is 11.8 Å². The van der Waals surface area contributed by atoms with Crippen LogP contribution in [0, 0.1) is 0 Å². The fourth-order valence-corrected chi connectivity index (χ4v) is 2.72. The largest absolute Gasteiger partial charge is 0.508 e. The maximum absolute atomic E-state index is 9.43. The predicted octanol–water partition coefficient (Wildman–Crippen LogP) is 3.31. The van der Waals surface area contributed by atoms with Gasteiger partial charge in [0.1, 0.15) is 18.1 Å². The van der Waals surface area contributed by atoms with Crippen molar-refractivity contribution in [3.63, 3.8) is 0 Å². The summed E-state index contributed by atoms with van der Waals surface area (Å²) in [5.41, 5.74) is 9.66. The van der Waals surface area contributed by atoms with E-state index < -0.39 is 0 Å². The highest BCUT2D eigenvalue weighted by molar-refractivity contribution is 5.39. The molecule has 2 aromatic rings. The van der Waals surface area contributed by atoms with E-state index in [1.165, 1.54) is 11.1 Å². The first-order valence-electron chi connectivity index (χ1n) is 7.01. The highest BCUT2D eigenvalue weighted by atomic mass is 16.5. The molecule has 0 amide bonds. The van der Waals surface area contributed by atoms with E-state index in [1.54, 1.807) is 12.1 Å². The second-order valence-electron chi connectivity index (χ2n) is 5.32. The van der Waals surface area contributed by atoms with Crippen LogP contribution in [0.15, 0.2) is 42.5 Å². The lowest BCUT2D eigenvalue weighted by Gasteiger charge is -2.22. The molecule has 0 unspecified atom stereocenters. The minimum absolute atomic E-state index is 0.128. The van der Waals surface area contributed by atoms with Gasteiger partial charge in [-0.1, -0.05) is 18.2 Å². The zero-order chi connectivity index (χ0) is 13.9. The minimum Gasteiger partial charge on any atom is -0.508 e. The topological polar surface area (TPSA) is 55.5 Å². The quantitative estimate of drug-likeness (QED) is 0.898. The van der Waals surface area contributed by atoms with E-state index >= 15 is 0 Å². The van der Waals surface area contributed by atoms with Crippen molar-refractivity contribution in [2.75, 3.05) is 0 Å². The third-order valence-corrected chi connectivity index (χ3v) is 3.79. The summed E-state index contributed by atoms with van der Waals surface area (Å²) >= 11 is 0. The molecule has 3 rings (SSSR count). The van der Waals surface area contributed by atoms with Crippen LogP contribution in [-0.2, 0) is 13.0 Å². The van der Waals surface area contributed by atoms with Crippen molar-refractivity contribution in [2.24, 2.45) is 5.73 Å². The van der Waals surface area contributed by atoms with E-state index in [1.807, 2.05) is 18.2 Å². The van der Waals surface area contributed by atoms with Gasteiger partial charge in [-0.25, -0.2) is 0 Å². The monoisotopic (exact) mass is 269 g/mol. The van der Waals surface area contributed by atoms with Crippen LogP contribution in [0.25, 0.3) is 0 Å². The number of aryl methyl sites for hydroxylation is 1. The van der Waals surface area contributed by atoms with Crippen molar-refractivity contribution in [1.82, 2.24) is 0 Å². The predicted molar refractivity (Wildman–Crippen MR) is 78.7 cm³/mol. The molecule has 0 radical (unpaired) electrons. The molecule has 2 aromatic carbocycles. The van der Waals surface area contributed by atoms with Crippen LogP contribution in [0.4, 0.5) is 0 Å². The molecule has 20 heavy (non-hydrogen) atoms. The molecule has 0 saturated heterocycles. The van der Waals surface area contributed by atoms with Gasteiger partial charge in [0, 0.05) is 6.04 Å². The molecule has 0 spiro atoms. The number of hydrogen-bond acceptors (Lipinski definition) is 3. The summed E-state index contributed by atoms with van der Waals surface area (Å²) < 4.78 is 5.79. The Kier molecular flexibility index (Phi) is 3.61. The molecule has 3 nitrogen and oxygen atoms in total. The van der Waals surface area contributed by atoms with E-state index in [0.717, 1.165) is 30.6 Å². The van der Waals surface area contributed by atoms with Crippen molar-refractivity contribution >= 4 is 0 Å². The minimum atomic E-state index is 0.128. The summed E-state index contributed by atoms with van der Waals surface area (Å²) in [5, 5.41) is 9.43. The number of ether oxygens (including phenoxy) is 1. The molecule has 0 fully saturated rings. The summed E-state index contributed by atoms with van der Waals surface area (Å²) in [6.45, 7) is 0.447. The fourth-order valence-electron chi connectivity index (χ4n) is 2.72. The molecule has 1 aliphatic carbocycles. The second kappa shape index (κ2) is 5.55. The van der Waals surface area contributed by atoms with E-state index in [0.29, 0.717) is 6.61 Å². The Balaban J connectivity index is 1.73. The van der Waals surface area contributed by atoms with Crippen LogP contribution in [0.1, 0.15) is 35.6 Å². The number of hydrogen-bond donors (Lipinski definition) is 2. The standard InChI is InChI=1S/C17H19NO2/c18-17-6-2-4-13-7-8-15(10-16(13)17)20-11-12-3-1-5-14(19)9-12/h1,3,5,7-10,17,19H,2,4,6,11,18H2/t17-/m0/s1. The van der Waals surface area contributed by atoms with E-state index in [2.05, 4.69) is 12.1 Å². The Morgan fingerprint density at radius 1 is 1.20 bits per heavy atom. The van der Waals surface area contributed by atoms with Gasteiger partial charge in [-0.3, -0.25) is 0 Å². The van der Waals surface area contributed by atoms with Gasteiger partial charge in [-0.2, -0.15) is 0 Å². The second-order valence-corrected chi connectivity index (χ2v) is 5.32. The summed E-state index contributed by atoms with van der Waals surface area (Å²) in [6.07, 6.45) is 3.32. The van der Waals surface area contributed by atoms with Gasteiger partial charge >= 0.3 is 0 Å². The van der Waals surface area contributed by atoms with Gasteiger partial charge in [0.15, 0.2) is 0 Å². The molecule has 1 aliphatic rings. The van der Waals surface area contributed by atoms with E-state index in [4.69, 9.17) is 10.5 Å². The lowest BCUT2D eigenvalue weighted by Crippen LogP contribution is -2.17. The molecule has 0 aromatic heterocycles. The van der Waals surface area contributed by atoms with Gasteiger partial charge in [-0.05, 0) is 60.2 Å². The lowest BCUT2D eigenvalue weighted by atomic mass is 9.88. The number of phenols is 1. The maximum Gasteiger partial charge on any atom is 0.120 e. The first-order chi connectivity index (χ1) is 9.72. The number of fused-ring (bicyclic) bond motifs is 1. The Labute approximate surface area is 119 Å². The van der Waals surface area contributed by atoms with Crippen molar-refractivity contribution in [2.45, 2.75) is 31.9 Å². The number of benzene rings is 2. The molecular weight excluding hydrogens is 250 g/mol. The molecule has 3 heteroatoms. The van der Waals surface area contributed by atoms with Gasteiger partial charge in [0.25, 0.3) is 0 Å². The number of aromatic hydroxyl groups is 1.